The van der Waals surface area contributed by atoms with Gasteiger partial charge in [-0.25, -0.2) is 12.8 Å². The summed E-state index contributed by atoms with van der Waals surface area (Å²) in [5.41, 5.74) is 1.37. The third-order valence-corrected chi connectivity index (χ3v) is 9.88. The number of methoxy groups -OCH3 is 2. The lowest BCUT2D eigenvalue weighted by Crippen LogP contribution is -2.54. The van der Waals surface area contributed by atoms with Crippen LogP contribution in [-0.4, -0.2) is 58.0 Å². The maximum absolute atomic E-state index is 14.5. The molecule has 0 saturated heterocycles. The van der Waals surface area contributed by atoms with Crippen LogP contribution in [-0.2, 0) is 32.6 Å². The molecule has 1 atom stereocenters. The van der Waals surface area contributed by atoms with E-state index >= 15 is 0 Å². The Morgan fingerprint density at radius 1 is 0.833 bits per heavy atom. The van der Waals surface area contributed by atoms with Crippen LogP contribution in [0.4, 0.5) is 10.1 Å². The normalized spacial score (nSPS) is 11.9. The highest BCUT2D eigenvalue weighted by Crippen LogP contribution is 2.33. The number of anilines is 1. The summed E-state index contributed by atoms with van der Waals surface area (Å²) in [6.45, 7) is 2.76. The van der Waals surface area contributed by atoms with Gasteiger partial charge < -0.3 is 19.7 Å². The van der Waals surface area contributed by atoms with Gasteiger partial charge in [0.25, 0.3) is 10.0 Å². The summed E-state index contributed by atoms with van der Waals surface area (Å²) in [6, 6.07) is 21.4. The molecule has 0 unspecified atom stereocenters. The molecule has 4 aromatic rings. The lowest BCUT2D eigenvalue weighted by molar-refractivity contribution is -0.140. The number of amides is 2. The van der Waals surface area contributed by atoms with Crippen LogP contribution < -0.4 is 19.1 Å². The second kappa shape index (κ2) is 16.2. The molecule has 48 heavy (non-hydrogen) atoms. The predicted molar refractivity (Wildman–Crippen MR) is 185 cm³/mol. The van der Waals surface area contributed by atoms with Gasteiger partial charge in [0.1, 0.15) is 18.4 Å². The molecule has 0 fully saturated rings. The molecule has 2 amide bonds. The molecule has 0 aliphatic heterocycles. The highest BCUT2D eigenvalue weighted by molar-refractivity contribution is 7.92. The summed E-state index contributed by atoms with van der Waals surface area (Å²) in [6.07, 6.45) is 0.130. The molecule has 0 aliphatic carbocycles. The number of carbonyl (C=O) groups excluding carboxylic acids is 2. The van der Waals surface area contributed by atoms with E-state index in [1.807, 2.05) is 30.3 Å². The molecule has 0 heterocycles. The van der Waals surface area contributed by atoms with Crippen molar-refractivity contribution in [2.45, 2.75) is 43.8 Å². The van der Waals surface area contributed by atoms with E-state index in [0.717, 1.165) is 22.0 Å². The molecule has 254 valence electrons. The zero-order chi connectivity index (χ0) is 35.0. The Morgan fingerprint density at radius 2 is 1.50 bits per heavy atom. The minimum Gasteiger partial charge on any atom is -0.493 e. The van der Waals surface area contributed by atoms with Crippen LogP contribution in [0, 0.1) is 5.82 Å². The van der Waals surface area contributed by atoms with Crippen molar-refractivity contribution in [1.82, 2.24) is 10.2 Å². The topological polar surface area (TPSA) is 105 Å². The van der Waals surface area contributed by atoms with E-state index < -0.39 is 40.2 Å². The molecule has 0 aromatic heterocycles. The first-order valence-electron chi connectivity index (χ1n) is 14.9. The van der Waals surface area contributed by atoms with Gasteiger partial charge in [0, 0.05) is 25.1 Å². The molecule has 0 bridgehead atoms. The number of halogens is 3. The van der Waals surface area contributed by atoms with Crippen molar-refractivity contribution in [3.63, 3.8) is 0 Å². The fourth-order valence-corrected chi connectivity index (χ4v) is 6.76. The summed E-state index contributed by atoms with van der Waals surface area (Å²) in [5.74, 6) is -1.28. The van der Waals surface area contributed by atoms with Crippen molar-refractivity contribution in [2.75, 3.05) is 25.1 Å². The van der Waals surface area contributed by atoms with E-state index in [2.05, 4.69) is 5.32 Å². The standard InChI is InChI=1S/C35H36Cl2FN3O6S/c1-23(2)39-35(43)31(19-24-8-6-5-7-9-24)40(21-25-10-16-29(36)30(37)18-25)34(42)22-41(27-13-11-26(38)12-14-27)48(44,45)28-15-17-32(46-3)33(20-28)47-4/h5-18,20,23,31H,19,21-22H2,1-4H3,(H,39,43)/t31-/m1/s1. The maximum Gasteiger partial charge on any atom is 0.264 e. The van der Waals surface area contributed by atoms with Crippen molar-refractivity contribution < 1.29 is 31.9 Å². The number of hydrogen-bond donors (Lipinski definition) is 1. The van der Waals surface area contributed by atoms with Gasteiger partial charge in [-0.2, -0.15) is 0 Å². The highest BCUT2D eigenvalue weighted by Gasteiger charge is 2.35. The average molecular weight is 717 g/mol. The summed E-state index contributed by atoms with van der Waals surface area (Å²) in [7, 11) is -1.69. The molecule has 0 radical (unpaired) electrons. The van der Waals surface area contributed by atoms with Gasteiger partial charge >= 0.3 is 0 Å². The first-order chi connectivity index (χ1) is 22.8. The fraction of sp³-hybridized carbons (Fsp3) is 0.257. The monoisotopic (exact) mass is 715 g/mol. The Bertz CT molecular complexity index is 1840. The zero-order valence-electron chi connectivity index (χ0n) is 26.8. The molecule has 0 spiro atoms. The van der Waals surface area contributed by atoms with Gasteiger partial charge in [0.15, 0.2) is 11.5 Å². The Kier molecular flexibility index (Phi) is 12.3. The Labute approximate surface area is 290 Å². The SMILES string of the molecule is COc1ccc(S(=O)(=O)N(CC(=O)N(Cc2ccc(Cl)c(Cl)c2)[C@H](Cc2ccccc2)C(=O)NC(C)C)c2ccc(F)cc2)cc1OC. The van der Waals surface area contributed by atoms with Gasteiger partial charge in [-0.3, -0.25) is 13.9 Å². The minimum absolute atomic E-state index is 0.0280. The fourth-order valence-electron chi connectivity index (χ4n) is 5.01. The lowest BCUT2D eigenvalue weighted by atomic mass is 10.0. The second-order valence-electron chi connectivity index (χ2n) is 11.1. The third-order valence-electron chi connectivity index (χ3n) is 7.38. The summed E-state index contributed by atoms with van der Waals surface area (Å²) in [5, 5.41) is 3.45. The Balaban J connectivity index is 1.84. The minimum atomic E-state index is -4.47. The van der Waals surface area contributed by atoms with Crippen LogP contribution in [0.25, 0.3) is 0 Å². The molecule has 0 saturated carbocycles. The third kappa shape index (κ3) is 8.97. The largest absolute Gasteiger partial charge is 0.493 e. The molecule has 4 aromatic carbocycles. The van der Waals surface area contributed by atoms with Gasteiger partial charge in [0.05, 0.1) is 34.8 Å². The number of hydrogen-bond acceptors (Lipinski definition) is 6. The van der Waals surface area contributed by atoms with Crippen LogP contribution in [0.3, 0.4) is 0 Å². The quantitative estimate of drug-likeness (QED) is 0.160. The molecule has 4 rings (SSSR count). The zero-order valence-corrected chi connectivity index (χ0v) is 29.2. The Morgan fingerprint density at radius 3 is 2.10 bits per heavy atom. The van der Waals surface area contributed by atoms with Crippen LogP contribution in [0.2, 0.25) is 10.0 Å². The van der Waals surface area contributed by atoms with Crippen molar-refractivity contribution in [3.8, 4) is 11.5 Å². The first-order valence-corrected chi connectivity index (χ1v) is 17.1. The molecule has 13 heteroatoms. The predicted octanol–water partition coefficient (Wildman–Crippen LogP) is 6.51. The first kappa shape index (κ1) is 36.5. The van der Waals surface area contributed by atoms with Crippen molar-refractivity contribution in [2.24, 2.45) is 0 Å². The van der Waals surface area contributed by atoms with E-state index in [4.69, 9.17) is 32.7 Å². The number of carbonyl (C=O) groups is 2. The summed E-state index contributed by atoms with van der Waals surface area (Å²) in [4.78, 5) is 29.5. The van der Waals surface area contributed by atoms with E-state index in [0.29, 0.717) is 16.3 Å². The Hall–Kier alpha value is -4.32. The maximum atomic E-state index is 14.5. The molecule has 0 aliphatic rings. The van der Waals surface area contributed by atoms with Gasteiger partial charge in [-0.15, -0.1) is 0 Å². The smallest absolute Gasteiger partial charge is 0.264 e. The number of nitrogens with zero attached hydrogens (tertiary/aromatic N) is 2. The lowest BCUT2D eigenvalue weighted by Gasteiger charge is -2.34. The molecular formula is C35H36Cl2FN3O6S. The number of benzene rings is 4. The van der Waals surface area contributed by atoms with Gasteiger partial charge in [-0.1, -0.05) is 59.6 Å². The molecule has 9 nitrogen and oxygen atoms in total. The van der Waals surface area contributed by atoms with E-state index in [1.165, 1.54) is 49.5 Å². The number of nitrogens with one attached hydrogen (secondary N) is 1. The van der Waals surface area contributed by atoms with E-state index in [9.17, 15) is 22.4 Å². The van der Waals surface area contributed by atoms with E-state index in [1.54, 1.807) is 32.0 Å². The van der Waals surface area contributed by atoms with Crippen molar-refractivity contribution in [1.29, 1.82) is 0 Å². The van der Waals surface area contributed by atoms with Crippen LogP contribution >= 0.6 is 23.2 Å². The van der Waals surface area contributed by atoms with Crippen LogP contribution in [0.5, 0.6) is 11.5 Å². The highest BCUT2D eigenvalue weighted by atomic mass is 35.5. The van der Waals surface area contributed by atoms with Crippen molar-refractivity contribution in [3.05, 3.63) is 118 Å². The second-order valence-corrected chi connectivity index (χ2v) is 13.8. The van der Waals surface area contributed by atoms with E-state index in [-0.39, 0.29) is 40.4 Å². The average Bonchev–Trinajstić information content (AvgIpc) is 3.06. The van der Waals surface area contributed by atoms with Crippen LogP contribution in [0.1, 0.15) is 25.0 Å². The number of rotatable bonds is 14. The molecule has 1 N–H and O–H groups in total. The van der Waals surface area contributed by atoms with Gasteiger partial charge in [0.2, 0.25) is 11.8 Å². The summed E-state index contributed by atoms with van der Waals surface area (Å²) >= 11 is 12.5. The number of sulfonamides is 1. The molecular weight excluding hydrogens is 680 g/mol. The van der Waals surface area contributed by atoms with Crippen molar-refractivity contribution >= 4 is 50.7 Å². The number of ether oxygens (including phenoxy) is 2. The summed E-state index contributed by atoms with van der Waals surface area (Å²) < 4.78 is 54.0. The van der Waals surface area contributed by atoms with Gasteiger partial charge in [-0.05, 0) is 73.5 Å². The van der Waals surface area contributed by atoms with Crippen LogP contribution in [0.15, 0.2) is 95.9 Å².